The van der Waals surface area contributed by atoms with Gasteiger partial charge in [0.2, 0.25) is 5.58 Å². The van der Waals surface area contributed by atoms with Crippen LogP contribution in [0.15, 0.2) is 58.2 Å². The van der Waals surface area contributed by atoms with Gasteiger partial charge in [-0.2, -0.15) is 10.2 Å². The Morgan fingerprint density at radius 2 is 2.12 bits per heavy atom. The van der Waals surface area contributed by atoms with Gasteiger partial charge in [-0.3, -0.25) is 9.59 Å². The number of halogens is 1. The Kier molecular flexibility index (Phi) is 3.31. The number of furan rings is 1. The van der Waals surface area contributed by atoms with Crippen molar-refractivity contribution in [1.29, 1.82) is 0 Å². The van der Waals surface area contributed by atoms with Crippen LogP contribution in [-0.2, 0) is 0 Å². The molecule has 7 nitrogen and oxygen atoms in total. The summed E-state index contributed by atoms with van der Waals surface area (Å²) < 4.78 is 22.6. The monoisotopic (exact) mass is 338 g/mol. The molecule has 4 rings (SSSR count). The lowest BCUT2D eigenvalue weighted by Crippen LogP contribution is -2.21. The van der Waals surface area contributed by atoms with Gasteiger partial charge in [0.1, 0.15) is 11.2 Å². The first-order valence-corrected chi connectivity index (χ1v) is 7.37. The highest BCUT2D eigenvalue weighted by Crippen LogP contribution is 2.21. The average Bonchev–Trinajstić information content (AvgIpc) is 3.27. The number of Topliss-reactive ketones (excluding diaryl/α,β-unsaturated/α-hetero) is 1. The lowest BCUT2D eigenvalue weighted by atomic mass is 10.2. The van der Waals surface area contributed by atoms with E-state index < -0.39 is 17.0 Å². The molecule has 25 heavy (non-hydrogen) atoms. The molecule has 0 aliphatic rings. The quantitative estimate of drug-likeness (QED) is 0.536. The Morgan fingerprint density at radius 1 is 1.28 bits per heavy atom. The van der Waals surface area contributed by atoms with Crippen LogP contribution in [0.3, 0.4) is 0 Å². The molecule has 3 heterocycles. The van der Waals surface area contributed by atoms with E-state index in [1.54, 1.807) is 24.5 Å². The second kappa shape index (κ2) is 5.52. The van der Waals surface area contributed by atoms with E-state index >= 15 is 0 Å². The van der Waals surface area contributed by atoms with Crippen LogP contribution < -0.4 is 5.43 Å². The summed E-state index contributed by atoms with van der Waals surface area (Å²) in [6, 6.07) is 7.67. The van der Waals surface area contributed by atoms with E-state index in [0.29, 0.717) is 5.69 Å². The number of aromatic nitrogens is 4. The van der Waals surface area contributed by atoms with Crippen LogP contribution in [0.4, 0.5) is 4.39 Å². The van der Waals surface area contributed by atoms with Crippen molar-refractivity contribution in [2.75, 3.05) is 0 Å². The Balaban J connectivity index is 1.96. The molecule has 0 saturated carbocycles. The third kappa shape index (κ3) is 2.35. The van der Waals surface area contributed by atoms with Gasteiger partial charge >= 0.3 is 0 Å². The average molecular weight is 338 g/mol. The SMILES string of the molecule is CC(=O)c1nn(-c2ccc(-n3cccn3)cc2F)c2ccoc2c1=O. The number of carbonyl (C=O) groups is 1. The molecule has 0 radical (unpaired) electrons. The van der Waals surface area contributed by atoms with Crippen molar-refractivity contribution in [2.24, 2.45) is 0 Å². The van der Waals surface area contributed by atoms with Gasteiger partial charge < -0.3 is 4.42 Å². The summed E-state index contributed by atoms with van der Waals surface area (Å²) >= 11 is 0. The van der Waals surface area contributed by atoms with Crippen LogP contribution in [0.5, 0.6) is 0 Å². The Morgan fingerprint density at radius 3 is 2.80 bits per heavy atom. The smallest absolute Gasteiger partial charge is 0.254 e. The number of benzene rings is 1. The molecular weight excluding hydrogens is 327 g/mol. The standard InChI is InChI=1S/C17H11FN4O3/c1-10(23)15-16(24)17-14(5-8-25-17)22(20-15)13-4-3-11(9-12(13)18)21-7-2-6-19-21/h2-9H,1H3. The summed E-state index contributed by atoms with van der Waals surface area (Å²) in [7, 11) is 0. The highest BCUT2D eigenvalue weighted by atomic mass is 19.1. The largest absolute Gasteiger partial charge is 0.458 e. The normalized spacial score (nSPS) is 11.1. The topological polar surface area (TPSA) is 82.9 Å². The minimum atomic E-state index is -0.614. The summed E-state index contributed by atoms with van der Waals surface area (Å²) in [6.07, 6.45) is 4.57. The number of hydrogen-bond donors (Lipinski definition) is 0. The predicted molar refractivity (Wildman–Crippen MR) is 86.7 cm³/mol. The fourth-order valence-electron chi connectivity index (χ4n) is 2.59. The highest BCUT2D eigenvalue weighted by molar-refractivity contribution is 5.94. The second-order valence-corrected chi connectivity index (χ2v) is 5.37. The van der Waals surface area contributed by atoms with E-state index in [1.807, 2.05) is 0 Å². The number of fused-ring (bicyclic) bond motifs is 1. The number of carbonyl (C=O) groups excluding carboxylic acids is 1. The minimum Gasteiger partial charge on any atom is -0.458 e. The summed E-state index contributed by atoms with van der Waals surface area (Å²) in [5.41, 5.74) is -0.0702. The van der Waals surface area contributed by atoms with Crippen molar-refractivity contribution in [3.8, 4) is 11.4 Å². The van der Waals surface area contributed by atoms with Crippen LogP contribution in [0, 0.1) is 5.82 Å². The van der Waals surface area contributed by atoms with Crippen LogP contribution in [0.25, 0.3) is 22.5 Å². The lowest BCUT2D eigenvalue weighted by Gasteiger charge is -2.10. The molecule has 124 valence electrons. The molecule has 0 N–H and O–H groups in total. The Bertz CT molecular complexity index is 1160. The Labute approximate surface area is 139 Å². The zero-order valence-corrected chi connectivity index (χ0v) is 13.0. The first-order chi connectivity index (χ1) is 12.1. The number of hydrogen-bond acceptors (Lipinski definition) is 5. The minimum absolute atomic E-state index is 0.0456. The first kappa shape index (κ1) is 15.0. The van der Waals surface area contributed by atoms with Crippen LogP contribution in [-0.4, -0.2) is 25.3 Å². The summed E-state index contributed by atoms with van der Waals surface area (Å²) in [5.74, 6) is -1.10. The van der Waals surface area contributed by atoms with Gasteiger partial charge in [0.05, 0.1) is 12.0 Å². The lowest BCUT2D eigenvalue weighted by molar-refractivity contribution is 0.101. The van der Waals surface area contributed by atoms with Gasteiger partial charge in [-0.1, -0.05) is 0 Å². The number of ketones is 1. The molecule has 0 atom stereocenters. The zero-order valence-electron chi connectivity index (χ0n) is 13.0. The third-order valence-corrected chi connectivity index (χ3v) is 3.76. The fourth-order valence-corrected chi connectivity index (χ4v) is 2.59. The van der Waals surface area contributed by atoms with E-state index in [2.05, 4.69) is 10.2 Å². The van der Waals surface area contributed by atoms with Crippen LogP contribution in [0.2, 0.25) is 0 Å². The Hall–Kier alpha value is -3.55. The number of nitrogens with zero attached hydrogens (tertiary/aromatic N) is 4. The molecule has 8 heteroatoms. The molecule has 0 spiro atoms. The van der Waals surface area contributed by atoms with E-state index in [0.717, 1.165) is 0 Å². The van der Waals surface area contributed by atoms with Gasteiger partial charge in [-0.05, 0) is 18.2 Å². The van der Waals surface area contributed by atoms with E-state index in [9.17, 15) is 14.0 Å². The maximum absolute atomic E-state index is 14.7. The molecular formula is C17H11FN4O3. The molecule has 0 fully saturated rings. The second-order valence-electron chi connectivity index (χ2n) is 5.37. The molecule has 0 bridgehead atoms. The van der Waals surface area contributed by atoms with Crippen molar-refractivity contribution in [2.45, 2.75) is 6.92 Å². The molecule has 4 aromatic rings. The van der Waals surface area contributed by atoms with Gasteiger partial charge in [0, 0.05) is 31.5 Å². The van der Waals surface area contributed by atoms with E-state index in [-0.39, 0.29) is 22.5 Å². The predicted octanol–water partition coefficient (Wildman–Crippen LogP) is 2.51. The number of rotatable bonds is 3. The summed E-state index contributed by atoms with van der Waals surface area (Å²) in [5, 5.41) is 8.08. The molecule has 0 amide bonds. The molecule has 1 aromatic carbocycles. The van der Waals surface area contributed by atoms with Gasteiger partial charge in [-0.15, -0.1) is 0 Å². The van der Waals surface area contributed by atoms with E-state index in [4.69, 9.17) is 4.42 Å². The van der Waals surface area contributed by atoms with Gasteiger partial charge in [0.25, 0.3) is 5.43 Å². The van der Waals surface area contributed by atoms with Crippen molar-refractivity contribution < 1.29 is 13.6 Å². The van der Waals surface area contributed by atoms with E-state index in [1.165, 1.54) is 40.7 Å². The first-order valence-electron chi connectivity index (χ1n) is 7.37. The highest BCUT2D eigenvalue weighted by Gasteiger charge is 2.19. The molecule has 3 aromatic heterocycles. The fraction of sp³-hybridized carbons (Fsp3) is 0.0588. The van der Waals surface area contributed by atoms with Gasteiger partial charge in [-0.25, -0.2) is 13.8 Å². The summed E-state index contributed by atoms with van der Waals surface area (Å²) in [4.78, 5) is 23.9. The molecule has 0 aliphatic heterocycles. The molecule has 0 saturated heterocycles. The molecule has 0 aliphatic carbocycles. The zero-order chi connectivity index (χ0) is 17.6. The summed E-state index contributed by atoms with van der Waals surface area (Å²) in [6.45, 7) is 1.22. The van der Waals surface area contributed by atoms with Crippen LogP contribution >= 0.6 is 0 Å². The third-order valence-electron chi connectivity index (χ3n) is 3.76. The maximum atomic E-state index is 14.7. The van der Waals surface area contributed by atoms with Crippen molar-refractivity contribution in [3.63, 3.8) is 0 Å². The maximum Gasteiger partial charge on any atom is 0.254 e. The van der Waals surface area contributed by atoms with Crippen molar-refractivity contribution in [3.05, 3.63) is 70.7 Å². The van der Waals surface area contributed by atoms with Crippen LogP contribution in [0.1, 0.15) is 17.4 Å². The van der Waals surface area contributed by atoms with Crippen molar-refractivity contribution in [1.82, 2.24) is 19.6 Å². The molecule has 0 unspecified atom stereocenters. The van der Waals surface area contributed by atoms with Crippen molar-refractivity contribution >= 4 is 16.9 Å². The van der Waals surface area contributed by atoms with Gasteiger partial charge in [0.15, 0.2) is 17.3 Å².